The average molecular weight is 1120 g/mol. The number of rotatable bonds is 7. The maximum Gasteiger partial charge on any atom is 0.200 e. The van der Waals surface area contributed by atoms with E-state index in [0.29, 0.717) is 6.92 Å². The van der Waals surface area contributed by atoms with Crippen LogP contribution in [0, 0.1) is 169 Å². The molecule has 8 aromatic rings. The van der Waals surface area contributed by atoms with E-state index in [4.69, 9.17) is 0 Å². The highest BCUT2D eigenvalue weighted by Gasteiger charge is 2.45. The zero-order chi connectivity index (χ0) is 57.0. The van der Waals surface area contributed by atoms with Crippen LogP contribution in [0.25, 0.3) is 37.9 Å². The number of anilines is 6. The largest absolute Gasteiger partial charge is 0.294 e. The summed E-state index contributed by atoms with van der Waals surface area (Å²) in [6, 6.07) is 0. The zero-order valence-electron chi connectivity index (χ0n) is 35.1. The van der Waals surface area contributed by atoms with Gasteiger partial charge in [-0.15, -0.1) is 0 Å². The van der Waals surface area contributed by atoms with Crippen LogP contribution in [0.2, 0.25) is 0 Å². The van der Waals surface area contributed by atoms with Gasteiger partial charge in [-0.1, -0.05) is 6.58 Å². The van der Waals surface area contributed by atoms with Gasteiger partial charge in [0.1, 0.15) is 34.1 Å². The Hall–Kier alpha value is -8.15. The summed E-state index contributed by atoms with van der Waals surface area (Å²) >= 11 is 0. The van der Waals surface area contributed by atoms with E-state index in [1.54, 1.807) is 0 Å². The molecule has 0 aromatic heterocycles. The normalized spacial score (nSPS) is 11.9. The second-order valence-corrected chi connectivity index (χ2v) is 15.3. The Morgan fingerprint density at radius 1 is 0.197 bits per heavy atom. The molecule has 8 rings (SSSR count). The fraction of sp³-hybridized carbons (Fsp3) is 0.0222. The monoisotopic (exact) mass is 1120 g/mol. The van der Waals surface area contributed by atoms with Crippen LogP contribution in [0.5, 0.6) is 0 Å². The molecule has 0 atom stereocenters. The molecule has 0 fully saturated rings. The minimum atomic E-state index is -3.81. The van der Waals surface area contributed by atoms with Gasteiger partial charge in [-0.05, 0) is 12.5 Å². The fourth-order valence-corrected chi connectivity index (χ4v) is 7.87. The van der Waals surface area contributed by atoms with Gasteiger partial charge in [0.05, 0.1) is 37.9 Å². The van der Waals surface area contributed by atoms with Crippen molar-refractivity contribution in [2.75, 3.05) is 9.80 Å². The number of hydrogen-bond acceptors (Lipinski definition) is 2. The van der Waals surface area contributed by atoms with Crippen LogP contribution in [-0.2, 0) is 0 Å². The molecule has 0 N–H and O–H groups in total. The lowest BCUT2D eigenvalue weighted by molar-refractivity contribution is 0.380. The molecular formula is C45H5F29N2. The summed E-state index contributed by atoms with van der Waals surface area (Å²) in [7, 11) is 0. The van der Waals surface area contributed by atoms with Crippen LogP contribution in [0.15, 0.2) is 6.58 Å². The highest BCUT2D eigenvalue weighted by atomic mass is 19.2. The number of allylic oxidation sites excluding steroid dienone is 1. The minimum absolute atomic E-state index is 0.460. The van der Waals surface area contributed by atoms with E-state index < -0.39 is 256 Å². The maximum atomic E-state index is 17.1. The van der Waals surface area contributed by atoms with E-state index in [9.17, 15) is 43.9 Å². The van der Waals surface area contributed by atoms with Crippen molar-refractivity contribution in [1.82, 2.24) is 0 Å². The van der Waals surface area contributed by atoms with E-state index in [-0.39, 0.29) is 0 Å². The Balaban J connectivity index is 1.61. The molecule has 0 radical (unpaired) electrons. The van der Waals surface area contributed by atoms with E-state index >= 15 is 83.4 Å². The maximum absolute atomic E-state index is 17.1. The molecule has 76 heavy (non-hydrogen) atoms. The minimum Gasteiger partial charge on any atom is -0.294 e. The van der Waals surface area contributed by atoms with Gasteiger partial charge in [0.25, 0.3) is 0 Å². The summed E-state index contributed by atoms with van der Waals surface area (Å²) in [4.78, 5) is -3.77. The molecule has 0 aliphatic heterocycles. The Bertz CT molecular complexity index is 4010. The van der Waals surface area contributed by atoms with Crippen LogP contribution in [0.3, 0.4) is 0 Å². The van der Waals surface area contributed by atoms with Gasteiger partial charge in [0.15, 0.2) is 163 Å². The first-order chi connectivity index (χ1) is 35.2. The molecule has 31 heteroatoms. The molecule has 0 unspecified atom stereocenters. The lowest BCUT2D eigenvalue weighted by atomic mass is 9.99. The van der Waals surface area contributed by atoms with Gasteiger partial charge in [-0.2, -0.15) is 0 Å². The van der Waals surface area contributed by atoms with Gasteiger partial charge in [-0.3, -0.25) is 9.80 Å². The van der Waals surface area contributed by atoms with E-state index in [2.05, 4.69) is 6.58 Å². The smallest absolute Gasteiger partial charge is 0.200 e. The molecule has 0 saturated heterocycles. The molecule has 0 aliphatic carbocycles. The zero-order valence-corrected chi connectivity index (χ0v) is 35.1. The van der Waals surface area contributed by atoms with Gasteiger partial charge in [0, 0.05) is 0 Å². The van der Waals surface area contributed by atoms with Crippen molar-refractivity contribution in [3.05, 3.63) is 181 Å². The number of benzene rings is 8. The first-order valence-electron chi connectivity index (χ1n) is 19.2. The Morgan fingerprint density at radius 2 is 0.342 bits per heavy atom. The Kier molecular flexibility index (Phi) is 12.8. The van der Waals surface area contributed by atoms with E-state index in [0.717, 1.165) is 0 Å². The standard InChI is InChI=1S/C45H5F29N2/c1-3(2)4-11(46)29(64)37(72)40(20(4)55)75(41-21(56)7-5(16(51)33(41)68)12(47)25(60)27(62)14(7)49)42-23(58)9-10(18(53)35(42)70)24(59)44(36(71)19(9)54)76(45-38(73)31(66)30(65)32(67)39(45)74)43-22(57)8-6(17(52)34(43)69)13(48)26(61)28(63)15(8)50/h1H2,2H3. The third-order valence-corrected chi connectivity index (χ3v) is 11.2. The van der Waals surface area contributed by atoms with Crippen molar-refractivity contribution in [3.63, 3.8) is 0 Å². The predicted octanol–water partition coefficient (Wildman–Crippen LogP) is 17.2. The van der Waals surface area contributed by atoms with Gasteiger partial charge >= 0.3 is 0 Å². The SMILES string of the molecule is C=C(C)c1c(F)c(F)c(F)c(N(c2c(F)c(F)c3c(F)c(F)c(F)c(F)c3c2F)c2c(F)c(F)c3c(F)c(N(c4c(F)c(F)c(F)c(F)c4F)c4c(F)c(F)c5c(F)c(F)c(F)c(F)c5c4F)c(F)c(F)c3c2F)c1F. The molecular weight excluding hydrogens is 1120 g/mol. The third kappa shape index (κ3) is 6.93. The van der Waals surface area contributed by atoms with Gasteiger partial charge < -0.3 is 0 Å². The van der Waals surface area contributed by atoms with E-state index in [1.165, 1.54) is 0 Å². The van der Waals surface area contributed by atoms with Crippen molar-refractivity contribution < 1.29 is 127 Å². The summed E-state index contributed by atoms with van der Waals surface area (Å²) in [6.45, 7) is 3.36. The van der Waals surface area contributed by atoms with Gasteiger partial charge in [-0.25, -0.2) is 127 Å². The lowest BCUT2D eigenvalue weighted by Crippen LogP contribution is -2.25. The molecule has 398 valence electrons. The van der Waals surface area contributed by atoms with Crippen LogP contribution in [0.4, 0.5) is 161 Å². The molecule has 0 saturated carbocycles. The number of hydrogen-bond donors (Lipinski definition) is 0. The molecule has 2 nitrogen and oxygen atoms in total. The number of nitrogens with zero attached hydrogens (tertiary/aromatic N) is 2. The quantitative estimate of drug-likeness (QED) is 0.0891. The highest BCUT2D eigenvalue weighted by molar-refractivity contribution is 5.99. The van der Waals surface area contributed by atoms with Crippen LogP contribution >= 0.6 is 0 Å². The summed E-state index contributed by atoms with van der Waals surface area (Å²) in [5, 5.41) is -17.5. The number of fused-ring (bicyclic) bond motifs is 3. The Labute approximate surface area is 396 Å². The van der Waals surface area contributed by atoms with Crippen molar-refractivity contribution >= 4 is 72.0 Å². The van der Waals surface area contributed by atoms with Gasteiger partial charge in [0.2, 0.25) is 5.82 Å². The first kappa shape index (κ1) is 54.1. The van der Waals surface area contributed by atoms with Crippen molar-refractivity contribution in [1.29, 1.82) is 0 Å². The highest BCUT2D eigenvalue weighted by Crippen LogP contribution is 2.54. The van der Waals surface area contributed by atoms with Crippen molar-refractivity contribution in [2.45, 2.75) is 6.92 Å². The first-order valence-corrected chi connectivity index (χ1v) is 19.2. The predicted molar refractivity (Wildman–Crippen MR) is 202 cm³/mol. The van der Waals surface area contributed by atoms with Crippen LogP contribution < -0.4 is 9.80 Å². The number of halogens is 29. The van der Waals surface area contributed by atoms with E-state index in [1.807, 2.05) is 0 Å². The summed E-state index contributed by atoms with van der Waals surface area (Å²) in [6.07, 6.45) is 0. The molecule has 0 amide bonds. The molecule has 0 bridgehead atoms. The molecule has 0 aliphatic rings. The topological polar surface area (TPSA) is 6.48 Å². The summed E-state index contributed by atoms with van der Waals surface area (Å²) in [5.41, 5.74) is -23.2. The van der Waals surface area contributed by atoms with Crippen molar-refractivity contribution in [3.8, 4) is 0 Å². The fourth-order valence-electron chi connectivity index (χ4n) is 7.87. The molecule has 8 aromatic carbocycles. The van der Waals surface area contributed by atoms with Crippen LogP contribution in [-0.4, -0.2) is 0 Å². The molecule has 0 spiro atoms. The van der Waals surface area contributed by atoms with Crippen molar-refractivity contribution in [2.24, 2.45) is 0 Å². The average Bonchev–Trinajstić information content (AvgIpc) is 3.36. The third-order valence-electron chi connectivity index (χ3n) is 11.2. The lowest BCUT2D eigenvalue weighted by Gasteiger charge is -2.31. The summed E-state index contributed by atoms with van der Waals surface area (Å²) in [5.74, 6) is -98.1. The molecule has 0 heterocycles. The summed E-state index contributed by atoms with van der Waals surface area (Å²) < 4.78 is 452. The second kappa shape index (κ2) is 18.0. The van der Waals surface area contributed by atoms with Crippen LogP contribution in [0.1, 0.15) is 12.5 Å². The second-order valence-electron chi connectivity index (χ2n) is 15.3. The Morgan fingerprint density at radius 3 is 0.579 bits per heavy atom.